The summed E-state index contributed by atoms with van der Waals surface area (Å²) < 4.78 is 11.0. The van der Waals surface area contributed by atoms with E-state index in [1.165, 1.54) is 42.5 Å². The number of phenols is 5. The molecule has 3 aromatic rings. The van der Waals surface area contributed by atoms with Gasteiger partial charge in [-0.2, -0.15) is 0 Å². The van der Waals surface area contributed by atoms with Gasteiger partial charge in [-0.3, -0.25) is 4.79 Å². The summed E-state index contributed by atoms with van der Waals surface area (Å²) in [6, 6.07) is 9.88. The molecule has 39 heavy (non-hydrogen) atoms. The molecule has 0 aromatic heterocycles. The van der Waals surface area contributed by atoms with Crippen LogP contribution < -0.4 is 4.74 Å². The number of hydrogen-bond donors (Lipinski definition) is 9. The number of phenolic OH excluding ortho intramolecular Hbond substituents is 5. The Kier molecular flexibility index (Phi) is 7.95. The van der Waals surface area contributed by atoms with Crippen LogP contribution in [0.25, 0.3) is 12.2 Å². The van der Waals surface area contributed by atoms with E-state index in [1.54, 1.807) is 0 Å². The van der Waals surface area contributed by atoms with Crippen molar-refractivity contribution in [1.82, 2.24) is 0 Å². The molecular weight excluding hydrogens is 516 g/mol. The fraction of sp³-hybridized carbons (Fsp3) is 0.222. The number of ether oxygens (including phenoxy) is 2. The highest BCUT2D eigenvalue weighted by Crippen LogP contribution is 2.37. The molecule has 1 heterocycles. The highest BCUT2D eigenvalue weighted by Gasteiger charge is 2.44. The summed E-state index contributed by atoms with van der Waals surface area (Å²) in [4.78, 5) is 13.4. The topological polar surface area (TPSA) is 218 Å². The maximum Gasteiger partial charge on any atom is 0.229 e. The number of aliphatic hydroxyl groups is 4. The van der Waals surface area contributed by atoms with Crippen LogP contribution in [0.2, 0.25) is 0 Å². The molecule has 0 bridgehead atoms. The Morgan fingerprint density at radius 1 is 0.821 bits per heavy atom. The molecule has 0 amide bonds. The molecule has 1 aliphatic rings. The van der Waals surface area contributed by atoms with E-state index in [-0.39, 0.29) is 33.9 Å². The standard InChI is InChI=1S/C27H26O12/c28-11-21-24(35)25(36)26(37)27(39-21)38-17-4-3-13(2-1-12-5-15(29)9-16(30)6-12)18(10-17)22(33)14-7-19(31)23(34)20(32)8-14/h1-10,21,24-32,34-37H,11H2/b2-1-/t21-,24-,25+,26-,27-/m1/s1. The van der Waals surface area contributed by atoms with Gasteiger partial charge in [-0.25, -0.2) is 0 Å². The average Bonchev–Trinajstić information content (AvgIpc) is 2.90. The van der Waals surface area contributed by atoms with E-state index < -0.39 is 60.3 Å². The lowest BCUT2D eigenvalue weighted by molar-refractivity contribution is -0.277. The minimum Gasteiger partial charge on any atom is -0.508 e. The van der Waals surface area contributed by atoms with Crippen LogP contribution in [0.15, 0.2) is 48.5 Å². The van der Waals surface area contributed by atoms with Crippen molar-refractivity contribution in [3.63, 3.8) is 0 Å². The molecule has 12 nitrogen and oxygen atoms in total. The number of rotatable bonds is 7. The molecule has 0 saturated carbocycles. The van der Waals surface area contributed by atoms with Crippen molar-refractivity contribution in [3.8, 4) is 34.5 Å². The summed E-state index contributed by atoms with van der Waals surface area (Å²) in [5.41, 5.74) is 0.447. The number of benzene rings is 3. The SMILES string of the molecule is O=C(c1cc(O)c(O)c(O)c1)c1cc(O[C@@H]2O[C@H](CO)[C@@H](O)[C@H](O)[C@H]2O)ccc1/C=C\c1cc(O)cc(O)c1. The van der Waals surface area contributed by atoms with Gasteiger partial charge < -0.3 is 55.4 Å². The van der Waals surface area contributed by atoms with Gasteiger partial charge in [-0.15, -0.1) is 0 Å². The third-order valence-electron chi connectivity index (χ3n) is 6.08. The van der Waals surface area contributed by atoms with Gasteiger partial charge in [-0.05, 0) is 47.5 Å². The van der Waals surface area contributed by atoms with Gasteiger partial charge in [0.2, 0.25) is 6.29 Å². The van der Waals surface area contributed by atoms with E-state index in [1.807, 2.05) is 0 Å². The largest absolute Gasteiger partial charge is 0.508 e. The molecule has 9 N–H and O–H groups in total. The normalized spacial score (nSPS) is 23.1. The number of carbonyl (C=O) groups is 1. The lowest BCUT2D eigenvalue weighted by Crippen LogP contribution is -2.60. The Morgan fingerprint density at radius 3 is 2.08 bits per heavy atom. The fourth-order valence-corrected chi connectivity index (χ4v) is 4.04. The van der Waals surface area contributed by atoms with Crippen molar-refractivity contribution in [1.29, 1.82) is 0 Å². The van der Waals surface area contributed by atoms with Crippen molar-refractivity contribution >= 4 is 17.9 Å². The van der Waals surface area contributed by atoms with E-state index in [9.17, 15) is 50.8 Å². The lowest BCUT2D eigenvalue weighted by atomic mass is 9.96. The molecule has 1 aliphatic heterocycles. The number of ketones is 1. The zero-order valence-electron chi connectivity index (χ0n) is 20.1. The van der Waals surface area contributed by atoms with Crippen LogP contribution in [0.3, 0.4) is 0 Å². The van der Waals surface area contributed by atoms with E-state index in [0.717, 1.165) is 18.2 Å². The minimum atomic E-state index is -1.70. The smallest absolute Gasteiger partial charge is 0.229 e. The average molecular weight is 542 g/mol. The van der Waals surface area contributed by atoms with E-state index >= 15 is 0 Å². The van der Waals surface area contributed by atoms with Gasteiger partial charge in [0.1, 0.15) is 41.7 Å². The molecule has 3 aromatic carbocycles. The van der Waals surface area contributed by atoms with Gasteiger partial charge in [0.05, 0.1) is 6.61 Å². The van der Waals surface area contributed by atoms with Crippen LogP contribution in [0, 0.1) is 0 Å². The first-order chi connectivity index (χ1) is 18.5. The summed E-state index contributed by atoms with van der Waals surface area (Å²) in [5.74, 6) is -3.41. The molecule has 0 spiro atoms. The minimum absolute atomic E-state index is 0.0259. The summed E-state index contributed by atoms with van der Waals surface area (Å²) in [7, 11) is 0. The predicted octanol–water partition coefficient (Wildman–Crippen LogP) is 0.795. The number of hydrogen-bond acceptors (Lipinski definition) is 12. The third kappa shape index (κ3) is 5.90. The highest BCUT2D eigenvalue weighted by atomic mass is 16.7. The molecule has 5 atom stereocenters. The summed E-state index contributed by atoms with van der Waals surface area (Å²) in [6.07, 6.45) is -4.76. The number of aliphatic hydroxyl groups excluding tert-OH is 4. The maximum atomic E-state index is 13.4. The molecule has 4 rings (SSSR count). The van der Waals surface area contributed by atoms with Crippen LogP contribution in [-0.2, 0) is 4.74 Å². The summed E-state index contributed by atoms with van der Waals surface area (Å²) in [6.45, 7) is -0.670. The van der Waals surface area contributed by atoms with Crippen LogP contribution in [0.1, 0.15) is 27.0 Å². The van der Waals surface area contributed by atoms with Gasteiger partial charge in [-0.1, -0.05) is 18.2 Å². The Bertz CT molecular complexity index is 1360. The maximum absolute atomic E-state index is 13.4. The highest BCUT2D eigenvalue weighted by molar-refractivity contribution is 6.12. The predicted molar refractivity (Wildman–Crippen MR) is 134 cm³/mol. The second kappa shape index (κ2) is 11.2. The van der Waals surface area contributed by atoms with Crippen LogP contribution in [-0.4, -0.2) is 89.1 Å². The van der Waals surface area contributed by atoms with E-state index in [0.29, 0.717) is 5.56 Å². The molecule has 0 radical (unpaired) electrons. The van der Waals surface area contributed by atoms with Crippen LogP contribution in [0.5, 0.6) is 34.5 Å². The second-order valence-electron chi connectivity index (χ2n) is 8.87. The molecule has 206 valence electrons. The Morgan fingerprint density at radius 2 is 1.46 bits per heavy atom. The molecule has 0 aliphatic carbocycles. The second-order valence-corrected chi connectivity index (χ2v) is 8.87. The van der Waals surface area contributed by atoms with Crippen LogP contribution in [0.4, 0.5) is 0 Å². The van der Waals surface area contributed by atoms with Gasteiger partial charge >= 0.3 is 0 Å². The van der Waals surface area contributed by atoms with Crippen LogP contribution >= 0.6 is 0 Å². The zero-order valence-corrected chi connectivity index (χ0v) is 20.1. The number of carbonyl (C=O) groups excluding carboxylic acids is 1. The quantitative estimate of drug-likeness (QED) is 0.115. The first kappa shape index (κ1) is 27.7. The first-order valence-corrected chi connectivity index (χ1v) is 11.6. The van der Waals surface area contributed by atoms with Crippen molar-refractivity contribution in [2.24, 2.45) is 0 Å². The van der Waals surface area contributed by atoms with E-state index in [2.05, 4.69) is 0 Å². The van der Waals surface area contributed by atoms with Crippen molar-refractivity contribution in [3.05, 3.63) is 70.8 Å². The molecule has 1 fully saturated rings. The molecule has 0 unspecified atom stereocenters. The van der Waals surface area contributed by atoms with E-state index in [4.69, 9.17) is 9.47 Å². The summed E-state index contributed by atoms with van der Waals surface area (Å²) >= 11 is 0. The Hall–Kier alpha value is -4.33. The molecular formula is C27H26O12. The Labute approximate surface area is 221 Å². The first-order valence-electron chi connectivity index (χ1n) is 11.6. The van der Waals surface area contributed by atoms with Gasteiger partial charge in [0.15, 0.2) is 23.0 Å². The molecule has 12 heteroatoms. The molecule has 1 saturated heterocycles. The zero-order chi connectivity index (χ0) is 28.4. The monoisotopic (exact) mass is 542 g/mol. The van der Waals surface area contributed by atoms with Crippen molar-refractivity contribution in [2.75, 3.05) is 6.61 Å². The summed E-state index contributed by atoms with van der Waals surface area (Å²) in [5, 5.41) is 88.6. The fourth-order valence-electron chi connectivity index (χ4n) is 4.04. The van der Waals surface area contributed by atoms with Crippen molar-refractivity contribution < 1.29 is 60.2 Å². The number of aromatic hydroxyl groups is 5. The Balaban J connectivity index is 1.73. The lowest BCUT2D eigenvalue weighted by Gasteiger charge is -2.39. The van der Waals surface area contributed by atoms with Gasteiger partial charge in [0, 0.05) is 17.2 Å². The van der Waals surface area contributed by atoms with Crippen molar-refractivity contribution in [2.45, 2.75) is 30.7 Å². The van der Waals surface area contributed by atoms with Gasteiger partial charge in [0.25, 0.3) is 0 Å². The third-order valence-corrected chi connectivity index (χ3v) is 6.08.